The first kappa shape index (κ1) is 21.2. The lowest BCUT2D eigenvalue weighted by atomic mass is 10.1. The van der Waals surface area contributed by atoms with E-state index >= 15 is 0 Å². The van der Waals surface area contributed by atoms with E-state index in [9.17, 15) is 9.90 Å². The Hall–Kier alpha value is -3.66. The zero-order chi connectivity index (χ0) is 22.9. The number of anilines is 3. The summed E-state index contributed by atoms with van der Waals surface area (Å²) in [6.45, 7) is 3.37. The number of amides is 1. The van der Waals surface area contributed by atoms with Crippen LogP contribution < -0.4 is 10.2 Å². The van der Waals surface area contributed by atoms with E-state index in [1.807, 2.05) is 53.9 Å². The molecular formula is C23H27N7O3. The number of ether oxygens (including phenoxy) is 1. The van der Waals surface area contributed by atoms with Gasteiger partial charge in [0, 0.05) is 56.0 Å². The van der Waals surface area contributed by atoms with Gasteiger partial charge in [0.15, 0.2) is 0 Å². The number of nitrogens with one attached hydrogen (secondary N) is 1. The molecule has 0 saturated carbocycles. The highest BCUT2D eigenvalue weighted by atomic mass is 16.5. The molecular weight excluding hydrogens is 422 g/mol. The third-order valence-corrected chi connectivity index (χ3v) is 6.21. The van der Waals surface area contributed by atoms with E-state index in [1.54, 1.807) is 6.20 Å². The van der Waals surface area contributed by atoms with Gasteiger partial charge >= 0.3 is 6.09 Å². The summed E-state index contributed by atoms with van der Waals surface area (Å²) in [5.41, 5.74) is 3.60. The summed E-state index contributed by atoms with van der Waals surface area (Å²) < 4.78 is 7.87. The minimum absolute atomic E-state index is 0.0743. The van der Waals surface area contributed by atoms with Crippen LogP contribution in [0, 0.1) is 6.92 Å². The summed E-state index contributed by atoms with van der Waals surface area (Å²) in [6, 6.07) is 7.99. The lowest BCUT2D eigenvalue weighted by Gasteiger charge is -2.32. The molecule has 5 rings (SSSR count). The Morgan fingerprint density at radius 2 is 2.09 bits per heavy atom. The van der Waals surface area contributed by atoms with Crippen LogP contribution in [0.3, 0.4) is 0 Å². The van der Waals surface area contributed by atoms with Gasteiger partial charge in [-0.2, -0.15) is 4.98 Å². The minimum Gasteiger partial charge on any atom is -0.465 e. The van der Waals surface area contributed by atoms with Crippen molar-refractivity contribution in [3.63, 3.8) is 0 Å². The molecule has 0 bridgehead atoms. The van der Waals surface area contributed by atoms with Crippen molar-refractivity contribution in [2.24, 2.45) is 0 Å². The van der Waals surface area contributed by atoms with Gasteiger partial charge in [-0.15, -0.1) is 0 Å². The first-order valence-corrected chi connectivity index (χ1v) is 11.1. The first-order chi connectivity index (χ1) is 16.0. The van der Waals surface area contributed by atoms with E-state index in [1.165, 1.54) is 4.90 Å². The molecule has 1 atom stereocenters. The number of aryl methyl sites for hydroxylation is 1. The molecule has 172 valence electrons. The molecule has 1 aromatic carbocycles. The highest BCUT2D eigenvalue weighted by Crippen LogP contribution is 2.31. The molecule has 1 saturated heterocycles. The zero-order valence-electron chi connectivity index (χ0n) is 18.7. The first-order valence-electron chi connectivity index (χ1n) is 11.1. The zero-order valence-corrected chi connectivity index (χ0v) is 18.7. The second-order valence-corrected chi connectivity index (χ2v) is 8.35. The van der Waals surface area contributed by atoms with E-state index in [4.69, 9.17) is 14.7 Å². The van der Waals surface area contributed by atoms with Gasteiger partial charge in [0.05, 0.1) is 12.2 Å². The van der Waals surface area contributed by atoms with Crippen molar-refractivity contribution in [3.8, 4) is 5.69 Å². The van der Waals surface area contributed by atoms with Gasteiger partial charge < -0.3 is 29.5 Å². The Morgan fingerprint density at radius 3 is 2.76 bits per heavy atom. The molecule has 2 aliphatic heterocycles. The van der Waals surface area contributed by atoms with Gasteiger partial charge in [-0.25, -0.2) is 14.8 Å². The fraction of sp³-hybridized carbons (Fsp3) is 0.391. The molecule has 2 aliphatic rings. The molecule has 0 spiro atoms. The number of hydrogen-bond donors (Lipinski definition) is 2. The maximum Gasteiger partial charge on any atom is 0.407 e. The SMILES string of the molecule is Cc1nccn1-c1ccc(Nc2nc3c(c(N(C)C4CCCO4)n2)CN(C(=O)O)CC3)cc1. The molecule has 4 heterocycles. The number of aromatic nitrogens is 4. The van der Waals surface area contributed by atoms with Gasteiger partial charge in [0.1, 0.15) is 17.9 Å². The number of nitrogens with zero attached hydrogens (tertiary/aromatic N) is 6. The average molecular weight is 450 g/mol. The van der Waals surface area contributed by atoms with Crippen molar-refractivity contribution in [2.75, 3.05) is 30.4 Å². The predicted molar refractivity (Wildman–Crippen MR) is 123 cm³/mol. The van der Waals surface area contributed by atoms with Crippen molar-refractivity contribution < 1.29 is 14.6 Å². The van der Waals surface area contributed by atoms with Crippen LogP contribution in [0.5, 0.6) is 0 Å². The van der Waals surface area contributed by atoms with Crippen LogP contribution in [0.15, 0.2) is 36.7 Å². The third kappa shape index (κ3) is 4.21. The Morgan fingerprint density at radius 1 is 1.27 bits per heavy atom. The highest BCUT2D eigenvalue weighted by molar-refractivity contribution is 5.67. The predicted octanol–water partition coefficient (Wildman–Crippen LogP) is 3.32. The van der Waals surface area contributed by atoms with Crippen molar-refractivity contribution in [1.82, 2.24) is 24.4 Å². The van der Waals surface area contributed by atoms with Crippen molar-refractivity contribution >= 4 is 23.5 Å². The summed E-state index contributed by atoms with van der Waals surface area (Å²) in [6.07, 6.45) is 5.16. The molecule has 2 N–H and O–H groups in total. The standard InChI is InChI=1S/C23H27N7O3/c1-15-24-10-12-30(15)17-7-5-16(6-8-17)25-22-26-19-9-11-29(23(31)32)14-18(19)21(27-22)28(2)20-4-3-13-33-20/h5-8,10,12,20H,3-4,9,11,13-14H2,1-2H3,(H,31,32)(H,25,26,27). The number of carbonyl (C=O) groups is 1. The second-order valence-electron chi connectivity index (χ2n) is 8.35. The monoisotopic (exact) mass is 449 g/mol. The van der Waals surface area contributed by atoms with Gasteiger partial charge in [0.2, 0.25) is 5.95 Å². The fourth-order valence-electron chi connectivity index (χ4n) is 4.40. The topological polar surface area (TPSA) is 109 Å². The number of imidazole rings is 1. The van der Waals surface area contributed by atoms with Crippen LogP contribution in [0.25, 0.3) is 5.69 Å². The normalized spacial score (nSPS) is 17.6. The van der Waals surface area contributed by atoms with Gasteiger partial charge in [0.25, 0.3) is 0 Å². The van der Waals surface area contributed by atoms with E-state index in [2.05, 4.69) is 10.3 Å². The van der Waals surface area contributed by atoms with Crippen molar-refractivity contribution in [3.05, 3.63) is 53.7 Å². The van der Waals surface area contributed by atoms with Gasteiger partial charge in [-0.3, -0.25) is 0 Å². The second kappa shape index (κ2) is 8.70. The molecule has 0 radical (unpaired) electrons. The maximum atomic E-state index is 11.6. The summed E-state index contributed by atoms with van der Waals surface area (Å²) in [4.78, 5) is 28.8. The Balaban J connectivity index is 1.45. The molecule has 1 unspecified atom stereocenters. The molecule has 1 amide bonds. The minimum atomic E-state index is -0.929. The molecule has 10 nitrogen and oxygen atoms in total. The molecule has 10 heteroatoms. The Kier molecular flexibility index (Phi) is 5.59. The van der Waals surface area contributed by atoms with Crippen molar-refractivity contribution in [1.29, 1.82) is 0 Å². The number of fused-ring (bicyclic) bond motifs is 1. The van der Waals surface area contributed by atoms with Crippen molar-refractivity contribution in [2.45, 2.75) is 39.0 Å². The van der Waals surface area contributed by atoms with Crippen LogP contribution >= 0.6 is 0 Å². The lowest BCUT2D eigenvalue weighted by molar-refractivity contribution is 0.110. The maximum absolute atomic E-state index is 11.6. The van der Waals surface area contributed by atoms with Crippen LogP contribution in [0.4, 0.5) is 22.2 Å². The summed E-state index contributed by atoms with van der Waals surface area (Å²) in [5.74, 6) is 2.13. The summed E-state index contributed by atoms with van der Waals surface area (Å²) in [5, 5.41) is 12.8. The quantitative estimate of drug-likeness (QED) is 0.611. The van der Waals surface area contributed by atoms with Crippen LogP contribution in [0.2, 0.25) is 0 Å². The molecule has 0 aliphatic carbocycles. The number of rotatable bonds is 5. The number of benzene rings is 1. The summed E-state index contributed by atoms with van der Waals surface area (Å²) in [7, 11) is 1.95. The molecule has 3 aromatic rings. The van der Waals surface area contributed by atoms with Crippen LogP contribution in [0.1, 0.15) is 29.9 Å². The van der Waals surface area contributed by atoms with Crippen LogP contribution in [-0.2, 0) is 17.7 Å². The van der Waals surface area contributed by atoms with Crippen LogP contribution in [-0.4, -0.2) is 62.0 Å². The Labute approximate surface area is 191 Å². The van der Waals surface area contributed by atoms with E-state index < -0.39 is 6.09 Å². The molecule has 2 aromatic heterocycles. The molecule has 33 heavy (non-hydrogen) atoms. The molecule has 1 fully saturated rings. The fourth-order valence-corrected chi connectivity index (χ4v) is 4.40. The smallest absolute Gasteiger partial charge is 0.407 e. The third-order valence-electron chi connectivity index (χ3n) is 6.21. The Bertz CT molecular complexity index is 1160. The average Bonchev–Trinajstić information content (AvgIpc) is 3.50. The summed E-state index contributed by atoms with van der Waals surface area (Å²) >= 11 is 0. The largest absolute Gasteiger partial charge is 0.465 e. The van der Waals surface area contributed by atoms with E-state index in [-0.39, 0.29) is 12.8 Å². The number of hydrogen-bond acceptors (Lipinski definition) is 7. The number of carboxylic acid groups (broad SMARTS) is 1. The highest BCUT2D eigenvalue weighted by Gasteiger charge is 2.30. The lowest BCUT2D eigenvalue weighted by Crippen LogP contribution is -2.38. The van der Waals surface area contributed by atoms with Gasteiger partial charge in [-0.05, 0) is 44.0 Å². The van der Waals surface area contributed by atoms with E-state index in [0.29, 0.717) is 24.7 Å². The van der Waals surface area contributed by atoms with E-state index in [0.717, 1.165) is 47.9 Å². The van der Waals surface area contributed by atoms with Gasteiger partial charge in [-0.1, -0.05) is 0 Å².